The molecule has 2 unspecified atom stereocenters. The van der Waals surface area contributed by atoms with Gasteiger partial charge in [-0.1, -0.05) is 87.4 Å². The molecule has 2 atom stereocenters. The summed E-state index contributed by atoms with van der Waals surface area (Å²) in [4.78, 5) is 0. The Morgan fingerprint density at radius 3 is 1.94 bits per heavy atom. The Morgan fingerprint density at radius 2 is 1.35 bits per heavy atom. The van der Waals surface area contributed by atoms with Crippen LogP contribution in [0.3, 0.4) is 0 Å². The lowest BCUT2D eigenvalue weighted by molar-refractivity contribution is 0.240. The average Bonchev–Trinajstić information content (AvgIpc) is 2.85. The van der Waals surface area contributed by atoms with Crippen LogP contribution in [-0.2, 0) is 6.42 Å². The molecular weight excluding hydrogens is 372 g/mol. The summed E-state index contributed by atoms with van der Waals surface area (Å²) in [5.41, 5.74) is 5.74. The van der Waals surface area contributed by atoms with Gasteiger partial charge in [0.2, 0.25) is 0 Å². The van der Waals surface area contributed by atoms with E-state index in [-0.39, 0.29) is 0 Å². The molecule has 0 saturated heterocycles. The average molecular weight is 415 g/mol. The van der Waals surface area contributed by atoms with Crippen LogP contribution in [0.1, 0.15) is 95.1 Å². The number of unbranched alkanes of at least 4 members (excludes halogenated alkanes) is 2. The van der Waals surface area contributed by atoms with Crippen molar-refractivity contribution in [2.75, 3.05) is 0 Å². The Morgan fingerprint density at radius 1 is 0.677 bits per heavy atom. The molecule has 0 amide bonds. The molecule has 1 saturated carbocycles. The van der Waals surface area contributed by atoms with Gasteiger partial charge in [0.1, 0.15) is 0 Å². The molecule has 0 N–H and O–H groups in total. The molecule has 2 aromatic rings. The van der Waals surface area contributed by atoms with Crippen molar-refractivity contribution in [2.24, 2.45) is 17.8 Å². The van der Waals surface area contributed by atoms with Crippen molar-refractivity contribution in [3.8, 4) is 11.1 Å². The standard InChI is InChI=1S/C31H42/c1-3-5-6-7-25-10-14-27(15-11-25)29-18-22-31(23-19-29)30-20-16-28(17-21-30)26-12-8-24(4-2)9-13-26/h8,10-12,14-15,18-19,22-24,26,28,30H,3-7,9,13,16-17,20-21H2,1-2H3. The van der Waals surface area contributed by atoms with E-state index in [1.54, 1.807) is 5.56 Å². The summed E-state index contributed by atoms with van der Waals surface area (Å²) in [6.45, 7) is 4.60. The summed E-state index contributed by atoms with van der Waals surface area (Å²) in [6.07, 6.45) is 20.0. The Kier molecular flexibility index (Phi) is 8.06. The highest BCUT2D eigenvalue weighted by Gasteiger charge is 2.28. The molecule has 0 aromatic heterocycles. The largest absolute Gasteiger partial charge is 0.0851 e. The van der Waals surface area contributed by atoms with E-state index in [1.807, 2.05) is 0 Å². The van der Waals surface area contributed by atoms with Gasteiger partial charge in [-0.15, -0.1) is 0 Å². The van der Waals surface area contributed by atoms with Crippen molar-refractivity contribution in [3.63, 3.8) is 0 Å². The zero-order valence-electron chi connectivity index (χ0n) is 19.9. The van der Waals surface area contributed by atoms with E-state index in [0.717, 1.165) is 23.7 Å². The highest BCUT2D eigenvalue weighted by Crippen LogP contribution is 2.42. The first kappa shape index (κ1) is 22.4. The van der Waals surface area contributed by atoms with Gasteiger partial charge < -0.3 is 0 Å². The van der Waals surface area contributed by atoms with Gasteiger partial charge in [0, 0.05) is 0 Å². The number of rotatable bonds is 8. The first-order valence-corrected chi connectivity index (χ1v) is 13.1. The van der Waals surface area contributed by atoms with Gasteiger partial charge in [-0.3, -0.25) is 0 Å². The van der Waals surface area contributed by atoms with E-state index in [0.29, 0.717) is 0 Å². The highest BCUT2D eigenvalue weighted by atomic mass is 14.3. The Bertz CT molecular complexity index is 802. The molecule has 0 heteroatoms. The van der Waals surface area contributed by atoms with Crippen LogP contribution in [0.25, 0.3) is 11.1 Å². The highest BCUT2D eigenvalue weighted by molar-refractivity contribution is 5.64. The van der Waals surface area contributed by atoms with E-state index in [9.17, 15) is 0 Å². The third kappa shape index (κ3) is 5.91. The Labute approximate surface area is 191 Å². The van der Waals surface area contributed by atoms with Crippen LogP contribution in [0, 0.1) is 17.8 Å². The van der Waals surface area contributed by atoms with E-state index >= 15 is 0 Å². The summed E-state index contributed by atoms with van der Waals surface area (Å²) < 4.78 is 0. The molecule has 166 valence electrons. The molecule has 2 aromatic carbocycles. The van der Waals surface area contributed by atoms with Crippen LogP contribution in [-0.4, -0.2) is 0 Å². The second-order valence-electron chi connectivity index (χ2n) is 10.2. The second-order valence-corrected chi connectivity index (χ2v) is 10.2. The number of hydrogen-bond donors (Lipinski definition) is 0. The van der Waals surface area contributed by atoms with Crippen LogP contribution in [0.2, 0.25) is 0 Å². The SMILES string of the molecule is CCCCCc1ccc(-c2ccc(C3CCC(C4C=CC(CC)CC4)CC3)cc2)cc1. The summed E-state index contributed by atoms with van der Waals surface area (Å²) >= 11 is 0. The van der Waals surface area contributed by atoms with E-state index in [4.69, 9.17) is 0 Å². The van der Waals surface area contributed by atoms with E-state index in [2.05, 4.69) is 74.5 Å². The minimum Gasteiger partial charge on any atom is -0.0851 e. The van der Waals surface area contributed by atoms with Crippen LogP contribution >= 0.6 is 0 Å². The molecule has 0 bridgehead atoms. The molecule has 2 aliphatic carbocycles. The summed E-state index contributed by atoms with van der Waals surface area (Å²) in [5.74, 6) is 3.40. The lowest BCUT2D eigenvalue weighted by atomic mass is 9.70. The fourth-order valence-corrected chi connectivity index (χ4v) is 5.90. The Hall–Kier alpha value is -1.82. The number of hydrogen-bond acceptors (Lipinski definition) is 0. The number of aryl methyl sites for hydroxylation is 1. The maximum atomic E-state index is 2.58. The quantitative estimate of drug-likeness (QED) is 0.298. The van der Waals surface area contributed by atoms with Gasteiger partial charge >= 0.3 is 0 Å². The van der Waals surface area contributed by atoms with Crippen molar-refractivity contribution in [3.05, 3.63) is 71.8 Å². The molecule has 0 heterocycles. The second kappa shape index (κ2) is 11.2. The summed E-state index contributed by atoms with van der Waals surface area (Å²) in [6, 6.07) is 18.8. The zero-order valence-corrected chi connectivity index (χ0v) is 19.9. The monoisotopic (exact) mass is 414 g/mol. The lowest BCUT2D eigenvalue weighted by Gasteiger charge is -2.35. The molecule has 0 spiro atoms. The molecule has 0 aliphatic heterocycles. The van der Waals surface area contributed by atoms with Gasteiger partial charge in [0.15, 0.2) is 0 Å². The first-order valence-electron chi connectivity index (χ1n) is 13.1. The molecule has 4 rings (SSSR count). The van der Waals surface area contributed by atoms with Crippen LogP contribution in [0.4, 0.5) is 0 Å². The topological polar surface area (TPSA) is 0 Å². The number of benzene rings is 2. The molecule has 0 radical (unpaired) electrons. The summed E-state index contributed by atoms with van der Waals surface area (Å²) in [7, 11) is 0. The van der Waals surface area contributed by atoms with Crippen LogP contribution < -0.4 is 0 Å². The van der Waals surface area contributed by atoms with Gasteiger partial charge in [-0.2, -0.15) is 0 Å². The minimum atomic E-state index is 0.766. The van der Waals surface area contributed by atoms with Gasteiger partial charge in [0.05, 0.1) is 0 Å². The minimum absolute atomic E-state index is 0.766. The molecule has 0 nitrogen and oxygen atoms in total. The fourth-order valence-electron chi connectivity index (χ4n) is 5.90. The van der Waals surface area contributed by atoms with Crippen molar-refractivity contribution < 1.29 is 0 Å². The third-order valence-corrected chi connectivity index (χ3v) is 8.14. The van der Waals surface area contributed by atoms with Gasteiger partial charge in [-0.05, 0) is 104 Å². The maximum absolute atomic E-state index is 2.58. The number of allylic oxidation sites excluding steroid dienone is 2. The molecule has 1 fully saturated rings. The van der Waals surface area contributed by atoms with Crippen LogP contribution in [0.5, 0.6) is 0 Å². The van der Waals surface area contributed by atoms with Crippen molar-refractivity contribution in [1.29, 1.82) is 0 Å². The van der Waals surface area contributed by atoms with E-state index in [1.165, 1.54) is 87.3 Å². The first-order chi connectivity index (χ1) is 15.3. The van der Waals surface area contributed by atoms with Gasteiger partial charge in [0.25, 0.3) is 0 Å². The third-order valence-electron chi connectivity index (χ3n) is 8.14. The zero-order chi connectivity index (χ0) is 21.5. The molecular formula is C31H42. The van der Waals surface area contributed by atoms with E-state index < -0.39 is 0 Å². The van der Waals surface area contributed by atoms with Crippen molar-refractivity contribution in [2.45, 2.75) is 90.4 Å². The van der Waals surface area contributed by atoms with Crippen molar-refractivity contribution in [1.82, 2.24) is 0 Å². The van der Waals surface area contributed by atoms with Gasteiger partial charge in [-0.25, -0.2) is 0 Å². The normalized spacial score (nSPS) is 26.1. The van der Waals surface area contributed by atoms with Crippen molar-refractivity contribution >= 4 is 0 Å². The summed E-state index contributed by atoms with van der Waals surface area (Å²) in [5, 5.41) is 0. The Balaban J connectivity index is 1.30. The molecule has 2 aliphatic rings. The molecule has 31 heavy (non-hydrogen) atoms. The predicted molar refractivity (Wildman–Crippen MR) is 135 cm³/mol. The lowest BCUT2D eigenvalue weighted by Crippen LogP contribution is -2.22. The fraction of sp³-hybridized carbons (Fsp3) is 0.548. The smallest absolute Gasteiger partial charge is 0.0162 e. The predicted octanol–water partition coefficient (Wildman–Crippen LogP) is 9.35. The maximum Gasteiger partial charge on any atom is -0.0162 e. The van der Waals surface area contributed by atoms with Crippen LogP contribution in [0.15, 0.2) is 60.7 Å².